The van der Waals surface area contributed by atoms with E-state index >= 15 is 0 Å². The standard InChI is InChI=1S/C23H23N3O4S/c1-4-12-25-20-17(30-3)9-8-14(2)21(20)31-23(25)24-22(29)15-6-5-7-16(13-15)26-18(27)10-11-19(26)28/h5-9,13H,4,10-12H2,1-3H3. The van der Waals surface area contributed by atoms with Crippen molar-refractivity contribution in [3.8, 4) is 5.75 Å². The second kappa shape index (κ2) is 8.47. The highest BCUT2D eigenvalue weighted by atomic mass is 32.1. The molecule has 1 saturated heterocycles. The topological polar surface area (TPSA) is 81.0 Å². The van der Waals surface area contributed by atoms with Crippen molar-refractivity contribution in [2.45, 2.75) is 39.7 Å². The molecule has 0 spiro atoms. The van der Waals surface area contributed by atoms with Crippen LogP contribution in [0.25, 0.3) is 10.2 Å². The molecule has 1 aliphatic rings. The van der Waals surface area contributed by atoms with Crippen molar-refractivity contribution in [2.75, 3.05) is 12.0 Å². The smallest absolute Gasteiger partial charge is 0.279 e. The van der Waals surface area contributed by atoms with Gasteiger partial charge >= 0.3 is 0 Å². The van der Waals surface area contributed by atoms with Gasteiger partial charge in [-0.3, -0.25) is 19.3 Å². The van der Waals surface area contributed by atoms with Crippen molar-refractivity contribution in [3.05, 3.63) is 52.3 Å². The number of amides is 3. The van der Waals surface area contributed by atoms with E-state index in [1.807, 2.05) is 23.6 Å². The van der Waals surface area contributed by atoms with E-state index in [9.17, 15) is 14.4 Å². The Morgan fingerprint density at radius 2 is 1.90 bits per heavy atom. The molecular weight excluding hydrogens is 414 g/mol. The molecule has 0 aliphatic carbocycles. The van der Waals surface area contributed by atoms with Crippen LogP contribution in [0.4, 0.5) is 5.69 Å². The van der Waals surface area contributed by atoms with Crippen LogP contribution in [0.3, 0.4) is 0 Å². The molecule has 0 atom stereocenters. The van der Waals surface area contributed by atoms with Crippen molar-refractivity contribution in [3.63, 3.8) is 0 Å². The van der Waals surface area contributed by atoms with Crippen LogP contribution >= 0.6 is 11.3 Å². The van der Waals surface area contributed by atoms with Gasteiger partial charge in [-0.2, -0.15) is 4.99 Å². The van der Waals surface area contributed by atoms with Crippen molar-refractivity contribution in [1.29, 1.82) is 0 Å². The Balaban J connectivity index is 1.80. The van der Waals surface area contributed by atoms with Crippen molar-refractivity contribution < 1.29 is 19.1 Å². The Hall–Kier alpha value is -3.26. The van der Waals surface area contributed by atoms with E-state index in [0.29, 0.717) is 22.6 Å². The van der Waals surface area contributed by atoms with Crippen LogP contribution in [-0.4, -0.2) is 29.4 Å². The molecule has 0 radical (unpaired) electrons. The van der Waals surface area contributed by atoms with Crippen LogP contribution in [0, 0.1) is 6.92 Å². The number of imide groups is 1. The number of methoxy groups -OCH3 is 1. The van der Waals surface area contributed by atoms with Gasteiger partial charge in [-0.25, -0.2) is 0 Å². The second-order valence-corrected chi connectivity index (χ2v) is 8.37. The van der Waals surface area contributed by atoms with E-state index in [4.69, 9.17) is 4.74 Å². The van der Waals surface area contributed by atoms with E-state index in [1.165, 1.54) is 11.3 Å². The van der Waals surface area contributed by atoms with Crippen molar-refractivity contribution in [1.82, 2.24) is 4.57 Å². The minimum atomic E-state index is -0.422. The maximum Gasteiger partial charge on any atom is 0.279 e. The molecule has 31 heavy (non-hydrogen) atoms. The Bertz CT molecular complexity index is 1260. The number of hydrogen-bond donors (Lipinski definition) is 0. The normalized spacial score (nSPS) is 14.7. The molecule has 1 fully saturated rings. The van der Waals surface area contributed by atoms with Crippen molar-refractivity contribution >= 4 is 45.0 Å². The lowest BCUT2D eigenvalue weighted by Gasteiger charge is -2.14. The van der Waals surface area contributed by atoms with Gasteiger partial charge in [-0.15, -0.1) is 0 Å². The average molecular weight is 438 g/mol. The lowest BCUT2D eigenvalue weighted by atomic mass is 10.2. The molecule has 2 aromatic carbocycles. The third-order valence-electron chi connectivity index (χ3n) is 5.25. The van der Waals surface area contributed by atoms with E-state index in [-0.39, 0.29) is 24.7 Å². The maximum atomic E-state index is 13.0. The van der Waals surface area contributed by atoms with Crippen LogP contribution in [0.1, 0.15) is 42.1 Å². The maximum absolute atomic E-state index is 13.0. The quantitative estimate of drug-likeness (QED) is 0.568. The summed E-state index contributed by atoms with van der Waals surface area (Å²) < 4.78 is 8.60. The summed E-state index contributed by atoms with van der Waals surface area (Å²) in [6.07, 6.45) is 1.27. The molecule has 0 saturated carbocycles. The second-order valence-electron chi connectivity index (χ2n) is 7.39. The fourth-order valence-corrected chi connectivity index (χ4v) is 4.89. The molecule has 160 valence electrons. The Morgan fingerprint density at radius 1 is 1.16 bits per heavy atom. The number of ether oxygens (including phenoxy) is 1. The highest BCUT2D eigenvalue weighted by molar-refractivity contribution is 7.16. The number of carbonyl (C=O) groups is 3. The molecular formula is C23H23N3O4S. The van der Waals surface area contributed by atoms with Gasteiger partial charge in [0, 0.05) is 24.9 Å². The van der Waals surface area contributed by atoms with Gasteiger partial charge in [0.05, 0.1) is 17.5 Å². The summed E-state index contributed by atoms with van der Waals surface area (Å²) in [5.74, 6) is -0.181. The molecule has 1 aliphatic heterocycles. The number of carbonyl (C=O) groups excluding carboxylic acids is 3. The number of aryl methyl sites for hydroxylation is 2. The SMILES string of the molecule is CCCn1c(=NC(=O)c2cccc(N3C(=O)CCC3=O)c2)sc2c(C)ccc(OC)c21. The Morgan fingerprint density at radius 3 is 2.58 bits per heavy atom. The summed E-state index contributed by atoms with van der Waals surface area (Å²) in [5.41, 5.74) is 2.76. The van der Waals surface area contributed by atoms with Gasteiger partial charge in [0.25, 0.3) is 5.91 Å². The largest absolute Gasteiger partial charge is 0.495 e. The number of thiazole rings is 1. The molecule has 0 N–H and O–H groups in total. The first kappa shape index (κ1) is 21.0. The highest BCUT2D eigenvalue weighted by Gasteiger charge is 2.30. The first-order valence-electron chi connectivity index (χ1n) is 10.2. The Kier molecular flexibility index (Phi) is 5.73. The van der Waals surface area contributed by atoms with E-state index in [0.717, 1.165) is 32.9 Å². The summed E-state index contributed by atoms with van der Waals surface area (Å²) in [4.78, 5) is 43.3. The number of rotatable bonds is 5. The molecule has 1 aromatic heterocycles. The molecule has 7 nitrogen and oxygen atoms in total. The van der Waals surface area contributed by atoms with E-state index in [2.05, 4.69) is 11.9 Å². The van der Waals surface area contributed by atoms with Crippen LogP contribution in [-0.2, 0) is 16.1 Å². The first-order chi connectivity index (χ1) is 14.9. The number of nitrogens with zero attached hydrogens (tertiary/aromatic N) is 3. The number of benzene rings is 2. The minimum absolute atomic E-state index is 0.196. The van der Waals surface area contributed by atoms with Crippen LogP contribution in [0.15, 0.2) is 41.4 Å². The van der Waals surface area contributed by atoms with Gasteiger partial charge in [0.1, 0.15) is 11.3 Å². The monoisotopic (exact) mass is 437 g/mol. The van der Waals surface area contributed by atoms with Gasteiger partial charge in [0.15, 0.2) is 4.80 Å². The molecule has 8 heteroatoms. The van der Waals surface area contributed by atoms with Gasteiger partial charge in [-0.1, -0.05) is 30.4 Å². The number of anilines is 1. The molecule has 4 rings (SSSR count). The molecule has 3 aromatic rings. The zero-order valence-corrected chi connectivity index (χ0v) is 18.5. The Labute approximate surface area is 183 Å². The lowest BCUT2D eigenvalue weighted by molar-refractivity contribution is -0.121. The highest BCUT2D eigenvalue weighted by Crippen LogP contribution is 2.30. The van der Waals surface area contributed by atoms with Crippen LogP contribution in [0.5, 0.6) is 5.75 Å². The summed E-state index contributed by atoms with van der Waals surface area (Å²) in [5, 5.41) is 0. The summed E-state index contributed by atoms with van der Waals surface area (Å²) >= 11 is 1.45. The van der Waals surface area contributed by atoms with E-state index in [1.54, 1.807) is 31.4 Å². The zero-order chi connectivity index (χ0) is 22.1. The summed E-state index contributed by atoms with van der Waals surface area (Å²) in [6, 6.07) is 10.4. The molecule has 3 amide bonds. The first-order valence-corrected chi connectivity index (χ1v) is 11.0. The predicted octanol–water partition coefficient (Wildman–Crippen LogP) is 3.82. The van der Waals surface area contributed by atoms with E-state index < -0.39 is 5.91 Å². The molecule has 0 bridgehead atoms. The lowest BCUT2D eigenvalue weighted by Crippen LogP contribution is -2.28. The third-order valence-corrected chi connectivity index (χ3v) is 6.47. The minimum Gasteiger partial charge on any atom is -0.495 e. The van der Waals surface area contributed by atoms with Crippen LogP contribution in [0.2, 0.25) is 0 Å². The third kappa shape index (κ3) is 3.79. The van der Waals surface area contributed by atoms with Crippen molar-refractivity contribution in [2.24, 2.45) is 4.99 Å². The number of aromatic nitrogens is 1. The number of fused-ring (bicyclic) bond motifs is 1. The van der Waals surface area contributed by atoms with Gasteiger partial charge in [-0.05, 0) is 43.2 Å². The predicted molar refractivity (Wildman–Crippen MR) is 119 cm³/mol. The summed E-state index contributed by atoms with van der Waals surface area (Å²) in [6.45, 7) is 4.79. The fraction of sp³-hybridized carbons (Fsp3) is 0.304. The fourth-order valence-electron chi connectivity index (χ4n) is 3.75. The summed E-state index contributed by atoms with van der Waals surface area (Å²) in [7, 11) is 1.63. The average Bonchev–Trinajstić information content (AvgIpc) is 3.29. The van der Waals surface area contributed by atoms with Gasteiger partial charge < -0.3 is 9.30 Å². The molecule has 2 heterocycles. The zero-order valence-electron chi connectivity index (χ0n) is 17.7. The molecule has 0 unspecified atom stereocenters. The number of hydrogen-bond acceptors (Lipinski definition) is 5. The van der Waals surface area contributed by atoms with Gasteiger partial charge in [0.2, 0.25) is 11.8 Å². The van der Waals surface area contributed by atoms with Crippen LogP contribution < -0.4 is 14.4 Å².